The molecule has 4 N–H and O–H groups in total. The van der Waals surface area contributed by atoms with Gasteiger partial charge in [0.1, 0.15) is 13.1 Å². The maximum absolute atomic E-state index is 12.5. The number of amides is 2. The summed E-state index contributed by atoms with van der Waals surface area (Å²) in [6.45, 7) is 10.9. The van der Waals surface area contributed by atoms with Gasteiger partial charge in [0.05, 0.1) is 13.1 Å². The maximum atomic E-state index is 12.5. The molecule has 1 aliphatic heterocycles. The zero-order chi connectivity index (χ0) is 20.1. The first-order chi connectivity index (χ1) is 13.3. The topological polar surface area (TPSA) is 67.1 Å². The minimum atomic E-state index is -0.185. The van der Waals surface area contributed by atoms with Gasteiger partial charge in [0.2, 0.25) is 0 Å². The second kappa shape index (κ2) is 9.05. The van der Waals surface area contributed by atoms with Crippen molar-refractivity contribution in [3.05, 3.63) is 29.3 Å². The normalized spacial score (nSPS) is 22.2. The van der Waals surface area contributed by atoms with E-state index in [0.29, 0.717) is 13.1 Å². The number of fused-ring (bicyclic) bond motifs is 1. The molecule has 2 amide bonds. The first-order valence-electron chi connectivity index (χ1n) is 10.7. The first-order valence-corrected chi connectivity index (χ1v) is 10.7. The predicted molar refractivity (Wildman–Crippen MR) is 111 cm³/mol. The van der Waals surface area contributed by atoms with Crippen LogP contribution in [0, 0.1) is 0 Å². The van der Waals surface area contributed by atoms with Crippen LogP contribution in [0.4, 0.5) is 5.69 Å². The van der Waals surface area contributed by atoms with Crippen LogP contribution in [0.5, 0.6) is 0 Å². The lowest BCUT2D eigenvalue weighted by molar-refractivity contribution is -0.930. The standard InChI is InChI=1S/C22H34N4O2/c1-22(2,3)24-21(28)16-26-11-5-10-25(12-13-26)15-20(27)23-19-9-8-17-6-4-7-18(17)14-19/h8-9,14H,4-7,10-13,15-16H2,1-3H3,(H,23,27)(H,24,28)/p+2. The van der Waals surface area contributed by atoms with Crippen LogP contribution in [0.1, 0.15) is 44.7 Å². The third-order valence-electron chi connectivity index (χ3n) is 5.61. The molecule has 2 aliphatic rings. The van der Waals surface area contributed by atoms with Gasteiger partial charge in [-0.2, -0.15) is 0 Å². The van der Waals surface area contributed by atoms with E-state index in [0.717, 1.165) is 51.1 Å². The Morgan fingerprint density at radius 3 is 2.21 bits per heavy atom. The van der Waals surface area contributed by atoms with Gasteiger partial charge >= 0.3 is 0 Å². The summed E-state index contributed by atoms with van der Waals surface area (Å²) in [5.41, 5.74) is 3.54. The van der Waals surface area contributed by atoms with Gasteiger partial charge in [-0.1, -0.05) is 6.07 Å². The molecular formula is C22H36N4O2+2. The molecule has 2 atom stereocenters. The molecule has 0 bridgehead atoms. The smallest absolute Gasteiger partial charge is 0.279 e. The molecule has 6 nitrogen and oxygen atoms in total. The molecule has 28 heavy (non-hydrogen) atoms. The number of carbonyl (C=O) groups is 2. The summed E-state index contributed by atoms with van der Waals surface area (Å²) in [5.74, 6) is 0.196. The number of rotatable bonds is 5. The number of quaternary nitrogens is 2. The Kier molecular flexibility index (Phi) is 6.73. The molecule has 0 saturated carbocycles. The number of nitrogens with one attached hydrogen (secondary N) is 4. The van der Waals surface area contributed by atoms with Crippen LogP contribution in [0.2, 0.25) is 0 Å². The van der Waals surface area contributed by atoms with Gasteiger partial charge < -0.3 is 20.4 Å². The van der Waals surface area contributed by atoms with Gasteiger partial charge in [-0.25, -0.2) is 0 Å². The Morgan fingerprint density at radius 2 is 1.54 bits per heavy atom. The highest BCUT2D eigenvalue weighted by molar-refractivity contribution is 5.91. The van der Waals surface area contributed by atoms with E-state index in [1.165, 1.54) is 27.3 Å². The summed E-state index contributed by atoms with van der Waals surface area (Å²) in [6, 6.07) is 6.32. The predicted octanol–water partition coefficient (Wildman–Crippen LogP) is -0.798. The number of anilines is 1. The van der Waals surface area contributed by atoms with Gasteiger partial charge in [-0.15, -0.1) is 0 Å². The minimum absolute atomic E-state index is 0.0851. The average Bonchev–Trinajstić information content (AvgIpc) is 2.94. The highest BCUT2D eigenvalue weighted by Crippen LogP contribution is 2.24. The van der Waals surface area contributed by atoms with Crippen molar-refractivity contribution in [2.45, 2.75) is 52.0 Å². The van der Waals surface area contributed by atoms with E-state index in [4.69, 9.17) is 0 Å². The zero-order valence-corrected chi connectivity index (χ0v) is 17.6. The fraction of sp³-hybridized carbons (Fsp3) is 0.636. The molecule has 6 heteroatoms. The Morgan fingerprint density at radius 1 is 0.893 bits per heavy atom. The van der Waals surface area contributed by atoms with Gasteiger partial charge in [-0.05, 0) is 63.3 Å². The fourth-order valence-electron chi connectivity index (χ4n) is 4.32. The number of carbonyl (C=O) groups excluding carboxylic acids is 2. The molecule has 154 valence electrons. The highest BCUT2D eigenvalue weighted by atomic mass is 16.2. The van der Waals surface area contributed by atoms with E-state index >= 15 is 0 Å². The molecule has 1 saturated heterocycles. The summed E-state index contributed by atoms with van der Waals surface area (Å²) in [5, 5.41) is 6.12. The van der Waals surface area contributed by atoms with Crippen LogP contribution in [-0.4, -0.2) is 56.6 Å². The van der Waals surface area contributed by atoms with Crippen molar-refractivity contribution in [2.75, 3.05) is 44.6 Å². The van der Waals surface area contributed by atoms with Crippen LogP contribution in [0.3, 0.4) is 0 Å². The second-order valence-corrected chi connectivity index (χ2v) is 9.39. The molecule has 1 aromatic rings. The quantitative estimate of drug-likeness (QED) is 0.534. The van der Waals surface area contributed by atoms with Crippen LogP contribution in [-0.2, 0) is 22.4 Å². The second-order valence-electron chi connectivity index (χ2n) is 9.39. The van der Waals surface area contributed by atoms with E-state index in [1.807, 2.05) is 26.8 Å². The Bertz CT molecular complexity index is 711. The van der Waals surface area contributed by atoms with Crippen molar-refractivity contribution in [3.8, 4) is 0 Å². The number of hydrogen-bond donors (Lipinski definition) is 4. The number of benzene rings is 1. The van der Waals surface area contributed by atoms with E-state index < -0.39 is 0 Å². The zero-order valence-electron chi connectivity index (χ0n) is 17.6. The third-order valence-corrected chi connectivity index (χ3v) is 5.61. The molecule has 1 aromatic carbocycles. The molecule has 1 fully saturated rings. The van der Waals surface area contributed by atoms with E-state index in [9.17, 15) is 9.59 Å². The highest BCUT2D eigenvalue weighted by Gasteiger charge is 2.25. The molecule has 0 spiro atoms. The molecule has 2 unspecified atom stereocenters. The van der Waals surface area contributed by atoms with E-state index in [-0.39, 0.29) is 17.4 Å². The van der Waals surface area contributed by atoms with Crippen molar-refractivity contribution in [3.63, 3.8) is 0 Å². The van der Waals surface area contributed by atoms with Crippen molar-refractivity contribution < 1.29 is 19.4 Å². The summed E-state index contributed by atoms with van der Waals surface area (Å²) < 4.78 is 0. The summed E-state index contributed by atoms with van der Waals surface area (Å²) in [6.07, 6.45) is 4.54. The molecular weight excluding hydrogens is 352 g/mol. The molecule has 0 aromatic heterocycles. The Labute approximate surface area is 168 Å². The van der Waals surface area contributed by atoms with Crippen LogP contribution >= 0.6 is 0 Å². The lowest BCUT2D eigenvalue weighted by Gasteiger charge is -2.22. The molecule has 1 aliphatic carbocycles. The lowest BCUT2D eigenvalue weighted by Crippen LogP contribution is -3.18. The van der Waals surface area contributed by atoms with Gasteiger partial charge in [0, 0.05) is 17.6 Å². The van der Waals surface area contributed by atoms with Crippen molar-refractivity contribution >= 4 is 17.5 Å². The van der Waals surface area contributed by atoms with Crippen LogP contribution in [0.25, 0.3) is 0 Å². The van der Waals surface area contributed by atoms with Crippen LogP contribution in [0.15, 0.2) is 18.2 Å². The SMILES string of the molecule is CC(C)(C)NC(=O)C[NH+]1CCC[NH+](CC(=O)Nc2ccc3c(c2)CCC3)CC1. The number of aryl methyl sites for hydroxylation is 2. The molecule has 0 radical (unpaired) electrons. The lowest BCUT2D eigenvalue weighted by atomic mass is 10.1. The van der Waals surface area contributed by atoms with Gasteiger partial charge in [0.15, 0.2) is 13.1 Å². The third kappa shape index (κ3) is 6.31. The van der Waals surface area contributed by atoms with Crippen molar-refractivity contribution in [2.24, 2.45) is 0 Å². The van der Waals surface area contributed by atoms with Crippen molar-refractivity contribution in [1.82, 2.24) is 5.32 Å². The van der Waals surface area contributed by atoms with Crippen LogP contribution < -0.4 is 20.4 Å². The summed E-state index contributed by atoms with van der Waals surface area (Å²) >= 11 is 0. The Hall–Kier alpha value is -1.92. The minimum Gasteiger partial charge on any atom is -0.347 e. The maximum Gasteiger partial charge on any atom is 0.279 e. The average molecular weight is 389 g/mol. The molecule has 1 heterocycles. The summed E-state index contributed by atoms with van der Waals surface area (Å²) in [4.78, 5) is 27.3. The van der Waals surface area contributed by atoms with E-state index in [1.54, 1.807) is 0 Å². The number of hydrogen-bond acceptors (Lipinski definition) is 2. The summed E-state index contributed by atoms with van der Waals surface area (Å²) in [7, 11) is 0. The van der Waals surface area contributed by atoms with E-state index in [2.05, 4.69) is 22.8 Å². The first kappa shape index (κ1) is 20.8. The van der Waals surface area contributed by atoms with Gasteiger partial charge in [-0.3, -0.25) is 9.59 Å². The molecule has 3 rings (SSSR count). The fourth-order valence-corrected chi connectivity index (χ4v) is 4.32. The Balaban J connectivity index is 1.44. The monoisotopic (exact) mass is 388 g/mol. The van der Waals surface area contributed by atoms with Crippen molar-refractivity contribution in [1.29, 1.82) is 0 Å². The van der Waals surface area contributed by atoms with Gasteiger partial charge in [0.25, 0.3) is 11.8 Å². The largest absolute Gasteiger partial charge is 0.347 e.